The van der Waals surface area contributed by atoms with Gasteiger partial charge in [-0.2, -0.15) is 5.10 Å². The molecule has 2 aromatic rings. The lowest BCUT2D eigenvalue weighted by molar-refractivity contribution is 0.0686. The van der Waals surface area contributed by atoms with Crippen LogP contribution in [-0.4, -0.2) is 20.9 Å². The molecular formula is C12H7Cl3N2O3. The number of hydrogen-bond acceptors (Lipinski definition) is 3. The van der Waals surface area contributed by atoms with E-state index in [2.05, 4.69) is 5.10 Å². The van der Waals surface area contributed by atoms with E-state index in [0.29, 0.717) is 5.02 Å². The van der Waals surface area contributed by atoms with Crippen LogP contribution in [0.5, 0.6) is 0 Å². The highest BCUT2D eigenvalue weighted by Crippen LogP contribution is 2.31. The summed E-state index contributed by atoms with van der Waals surface area (Å²) in [6.07, 6.45) is 1.36. The Balaban J connectivity index is 2.78. The molecule has 0 unspecified atom stereocenters. The van der Waals surface area contributed by atoms with Crippen molar-refractivity contribution in [1.82, 2.24) is 9.78 Å². The molecule has 0 saturated heterocycles. The van der Waals surface area contributed by atoms with E-state index in [-0.39, 0.29) is 21.3 Å². The minimum atomic E-state index is -1.42. The molecule has 104 valence electrons. The minimum Gasteiger partial charge on any atom is -0.476 e. The first-order valence-electron chi connectivity index (χ1n) is 5.30. The molecule has 1 heterocycles. The summed E-state index contributed by atoms with van der Waals surface area (Å²) >= 11 is 17.9. The van der Waals surface area contributed by atoms with Crippen LogP contribution >= 0.6 is 34.8 Å². The lowest BCUT2D eigenvalue weighted by Crippen LogP contribution is -2.23. The Morgan fingerprint density at radius 1 is 1.25 bits per heavy atom. The van der Waals surface area contributed by atoms with Gasteiger partial charge in [-0.25, -0.2) is 9.48 Å². The van der Waals surface area contributed by atoms with E-state index in [1.165, 1.54) is 25.3 Å². The second kappa shape index (κ2) is 5.44. The lowest BCUT2D eigenvalue weighted by atomic mass is 10.2. The number of carbonyl (C=O) groups is 1. The molecule has 1 N–H and O–H groups in total. The molecule has 0 bridgehead atoms. The maximum Gasteiger partial charge on any atom is 0.360 e. The van der Waals surface area contributed by atoms with Gasteiger partial charge in [-0.3, -0.25) is 4.79 Å². The van der Waals surface area contributed by atoms with Gasteiger partial charge in [0.25, 0.3) is 0 Å². The fraction of sp³-hybridized carbons (Fsp3) is 0.0833. The maximum atomic E-state index is 11.7. The molecule has 2 rings (SSSR count). The second-order valence-corrected chi connectivity index (χ2v) is 5.21. The van der Waals surface area contributed by atoms with E-state index in [1.54, 1.807) is 0 Å². The van der Waals surface area contributed by atoms with Crippen LogP contribution in [0.4, 0.5) is 0 Å². The first kappa shape index (κ1) is 14.8. The average molecular weight is 334 g/mol. The van der Waals surface area contributed by atoms with Crippen LogP contribution in [-0.2, 0) is 0 Å². The van der Waals surface area contributed by atoms with E-state index >= 15 is 0 Å². The molecule has 0 spiro atoms. The molecule has 20 heavy (non-hydrogen) atoms. The highest BCUT2D eigenvalue weighted by molar-refractivity contribution is 6.40. The zero-order valence-corrected chi connectivity index (χ0v) is 12.3. The average Bonchev–Trinajstić information content (AvgIpc) is 2.31. The number of halogens is 3. The molecule has 0 radical (unpaired) electrons. The summed E-state index contributed by atoms with van der Waals surface area (Å²) in [6.45, 7) is 1.48. The van der Waals surface area contributed by atoms with Gasteiger partial charge in [0.1, 0.15) is 5.69 Å². The monoisotopic (exact) mass is 332 g/mol. The number of hydrogen-bond donors (Lipinski definition) is 1. The van der Waals surface area contributed by atoms with E-state index in [4.69, 9.17) is 39.9 Å². The summed E-state index contributed by atoms with van der Waals surface area (Å²) in [7, 11) is 0. The summed E-state index contributed by atoms with van der Waals surface area (Å²) in [5.74, 6) is -1.42. The first-order valence-corrected chi connectivity index (χ1v) is 6.43. The Kier molecular flexibility index (Phi) is 4.04. The molecule has 1 aromatic heterocycles. The van der Waals surface area contributed by atoms with Gasteiger partial charge in [0.2, 0.25) is 11.1 Å². The molecule has 0 amide bonds. The van der Waals surface area contributed by atoms with Gasteiger partial charge in [-0.15, -0.1) is 0 Å². The van der Waals surface area contributed by atoms with Crippen LogP contribution in [0.3, 0.4) is 0 Å². The van der Waals surface area contributed by atoms with E-state index in [1.807, 2.05) is 0 Å². The highest BCUT2D eigenvalue weighted by Gasteiger charge is 2.17. The Labute approximate surface area is 128 Å². The lowest BCUT2D eigenvalue weighted by Gasteiger charge is -2.11. The molecule has 0 aliphatic heterocycles. The topological polar surface area (TPSA) is 72.2 Å². The summed E-state index contributed by atoms with van der Waals surface area (Å²) in [4.78, 5) is 22.7. The van der Waals surface area contributed by atoms with Gasteiger partial charge in [0.15, 0.2) is 0 Å². The Morgan fingerprint density at radius 3 is 2.30 bits per heavy atom. The third kappa shape index (κ3) is 2.65. The molecule has 5 nitrogen and oxygen atoms in total. The molecular weight excluding hydrogens is 327 g/mol. The van der Waals surface area contributed by atoms with Crippen molar-refractivity contribution in [3.05, 3.63) is 54.9 Å². The van der Waals surface area contributed by atoms with Gasteiger partial charge in [0.05, 0.1) is 10.0 Å². The SMILES string of the molecule is Cc1cn(-c2c(Cl)cc(Cl)cc2Cl)nc(C(=O)O)c1=O. The smallest absolute Gasteiger partial charge is 0.360 e. The van der Waals surface area contributed by atoms with Crippen molar-refractivity contribution in [2.24, 2.45) is 0 Å². The van der Waals surface area contributed by atoms with Crippen LogP contribution in [0, 0.1) is 6.92 Å². The summed E-state index contributed by atoms with van der Waals surface area (Å²) in [5.41, 5.74) is -0.801. The maximum absolute atomic E-state index is 11.7. The standard InChI is InChI=1S/C12H7Cl3N2O3/c1-5-4-17(16-9(11(5)18)12(19)20)10-7(14)2-6(13)3-8(10)15/h2-4H,1H3,(H,19,20). The van der Waals surface area contributed by atoms with Crippen molar-refractivity contribution in [3.8, 4) is 5.69 Å². The predicted octanol–water partition coefficient (Wildman–Crippen LogP) is 3.20. The van der Waals surface area contributed by atoms with Gasteiger partial charge >= 0.3 is 5.97 Å². The number of aromatic nitrogens is 2. The van der Waals surface area contributed by atoms with Crippen molar-refractivity contribution in [1.29, 1.82) is 0 Å². The Hall–Kier alpha value is -1.56. The van der Waals surface area contributed by atoms with E-state index < -0.39 is 17.1 Å². The van der Waals surface area contributed by atoms with Crippen LogP contribution < -0.4 is 5.43 Å². The number of aryl methyl sites for hydroxylation is 1. The zero-order chi connectivity index (χ0) is 15.0. The summed E-state index contributed by atoms with van der Waals surface area (Å²) in [5, 5.41) is 13.4. The minimum absolute atomic E-state index is 0.189. The third-order valence-corrected chi connectivity index (χ3v) is 3.30. The van der Waals surface area contributed by atoms with E-state index in [9.17, 15) is 9.59 Å². The van der Waals surface area contributed by atoms with Crippen molar-refractivity contribution < 1.29 is 9.90 Å². The summed E-state index contributed by atoms with van der Waals surface area (Å²) < 4.78 is 1.15. The second-order valence-electron chi connectivity index (χ2n) is 3.96. The Morgan fingerprint density at radius 2 is 1.80 bits per heavy atom. The predicted molar refractivity (Wildman–Crippen MR) is 76.6 cm³/mol. The van der Waals surface area contributed by atoms with Crippen molar-refractivity contribution >= 4 is 40.8 Å². The Bertz CT molecular complexity index is 748. The zero-order valence-electron chi connectivity index (χ0n) is 10.0. The van der Waals surface area contributed by atoms with Gasteiger partial charge in [0, 0.05) is 16.8 Å². The molecule has 8 heteroatoms. The molecule has 0 atom stereocenters. The largest absolute Gasteiger partial charge is 0.476 e. The molecule has 0 fully saturated rings. The molecule has 1 aromatic carbocycles. The third-order valence-electron chi connectivity index (χ3n) is 2.51. The fourth-order valence-electron chi connectivity index (χ4n) is 1.62. The van der Waals surface area contributed by atoms with Crippen molar-refractivity contribution in [3.63, 3.8) is 0 Å². The van der Waals surface area contributed by atoms with Crippen LogP contribution in [0.25, 0.3) is 5.69 Å². The number of carboxylic acid groups (broad SMARTS) is 1. The highest BCUT2D eigenvalue weighted by atomic mass is 35.5. The van der Waals surface area contributed by atoms with Crippen LogP contribution in [0.1, 0.15) is 16.1 Å². The number of carboxylic acids is 1. The van der Waals surface area contributed by atoms with Crippen molar-refractivity contribution in [2.75, 3.05) is 0 Å². The molecule has 0 aliphatic rings. The fourth-order valence-corrected chi connectivity index (χ4v) is 2.61. The first-order chi connectivity index (χ1) is 9.31. The molecule has 0 aliphatic carbocycles. The van der Waals surface area contributed by atoms with Gasteiger partial charge < -0.3 is 5.11 Å². The van der Waals surface area contributed by atoms with Crippen LogP contribution in [0.15, 0.2) is 23.1 Å². The summed E-state index contributed by atoms with van der Waals surface area (Å²) in [6, 6.07) is 2.89. The van der Waals surface area contributed by atoms with E-state index in [0.717, 1.165) is 4.68 Å². The van der Waals surface area contributed by atoms with Gasteiger partial charge in [-0.05, 0) is 19.1 Å². The van der Waals surface area contributed by atoms with Crippen LogP contribution in [0.2, 0.25) is 15.1 Å². The quantitative estimate of drug-likeness (QED) is 0.916. The number of rotatable bonds is 2. The normalized spacial score (nSPS) is 10.6. The number of benzene rings is 1. The number of nitrogens with zero attached hydrogens (tertiary/aromatic N) is 2. The van der Waals surface area contributed by atoms with Crippen molar-refractivity contribution in [2.45, 2.75) is 6.92 Å². The molecule has 0 saturated carbocycles. The van der Waals surface area contributed by atoms with Gasteiger partial charge in [-0.1, -0.05) is 34.8 Å². The number of aromatic carboxylic acids is 1.